The lowest BCUT2D eigenvalue weighted by Crippen LogP contribution is -2.51. The van der Waals surface area contributed by atoms with Gasteiger partial charge in [-0.15, -0.1) is 0 Å². The molecule has 1 heterocycles. The number of nitrogens with zero attached hydrogens (tertiary/aromatic N) is 2. The maximum absolute atomic E-state index is 12.6. The van der Waals surface area contributed by atoms with Gasteiger partial charge in [0.25, 0.3) is 5.91 Å². The number of ether oxygens (including phenoxy) is 2. The highest BCUT2D eigenvalue weighted by Crippen LogP contribution is 2.27. The minimum atomic E-state index is -0.0158. The van der Waals surface area contributed by atoms with Gasteiger partial charge in [-0.25, -0.2) is 0 Å². The molecule has 0 bridgehead atoms. The van der Waals surface area contributed by atoms with Crippen molar-refractivity contribution < 1.29 is 19.1 Å². The first kappa shape index (κ1) is 22.9. The lowest BCUT2D eigenvalue weighted by atomic mass is 10.1. The van der Waals surface area contributed by atoms with Crippen LogP contribution in [0.2, 0.25) is 5.02 Å². The molecule has 0 aliphatic carbocycles. The Morgan fingerprint density at radius 1 is 0.968 bits per heavy atom. The summed E-state index contributed by atoms with van der Waals surface area (Å²) in [4.78, 5) is 28.8. The second-order valence-corrected chi connectivity index (χ2v) is 7.80. The lowest BCUT2D eigenvalue weighted by molar-refractivity contribution is -0.122. The molecule has 7 nitrogen and oxygen atoms in total. The van der Waals surface area contributed by atoms with Crippen molar-refractivity contribution in [2.45, 2.75) is 6.42 Å². The van der Waals surface area contributed by atoms with Crippen molar-refractivity contribution in [1.29, 1.82) is 0 Å². The molecule has 0 saturated carbocycles. The molecule has 1 saturated heterocycles. The van der Waals surface area contributed by atoms with E-state index in [1.54, 1.807) is 38.5 Å². The number of hydrogen-bond acceptors (Lipinski definition) is 5. The van der Waals surface area contributed by atoms with Crippen molar-refractivity contribution >= 4 is 23.4 Å². The molecular formula is C23H28ClN3O4. The second kappa shape index (κ2) is 11.0. The minimum Gasteiger partial charge on any atom is -0.493 e. The Kier molecular flexibility index (Phi) is 8.14. The summed E-state index contributed by atoms with van der Waals surface area (Å²) in [5, 5.41) is 3.57. The summed E-state index contributed by atoms with van der Waals surface area (Å²) in [5.74, 6) is 1.34. The minimum absolute atomic E-state index is 0.00399. The highest BCUT2D eigenvalue weighted by Gasteiger charge is 2.23. The van der Waals surface area contributed by atoms with Crippen LogP contribution in [0.15, 0.2) is 42.5 Å². The first-order chi connectivity index (χ1) is 15.0. The molecule has 1 aliphatic rings. The van der Waals surface area contributed by atoms with E-state index in [1.165, 1.54) is 0 Å². The van der Waals surface area contributed by atoms with E-state index in [-0.39, 0.29) is 11.8 Å². The van der Waals surface area contributed by atoms with E-state index < -0.39 is 0 Å². The predicted molar refractivity (Wildman–Crippen MR) is 120 cm³/mol. The Morgan fingerprint density at radius 3 is 2.29 bits per heavy atom. The molecule has 0 radical (unpaired) electrons. The van der Waals surface area contributed by atoms with E-state index in [1.807, 2.05) is 23.1 Å². The molecule has 0 aromatic heterocycles. The maximum atomic E-state index is 12.6. The van der Waals surface area contributed by atoms with Crippen LogP contribution >= 0.6 is 11.6 Å². The summed E-state index contributed by atoms with van der Waals surface area (Å²) in [6, 6.07) is 12.7. The molecule has 0 atom stereocenters. The molecule has 3 rings (SSSR count). The standard InChI is InChI=1S/C23H28ClN3O4/c1-30-20-8-3-17(15-21(20)31-2)9-10-25-22(28)16-26-11-13-27(14-12-26)23(29)18-4-6-19(24)7-5-18/h3-8,15H,9-14,16H2,1-2H3,(H,25,28). The van der Waals surface area contributed by atoms with Crippen LogP contribution in [0.3, 0.4) is 0 Å². The molecule has 1 fully saturated rings. The van der Waals surface area contributed by atoms with Gasteiger partial charge in [0.2, 0.25) is 5.91 Å². The molecule has 0 spiro atoms. The fourth-order valence-electron chi connectivity index (χ4n) is 3.53. The van der Waals surface area contributed by atoms with E-state index in [2.05, 4.69) is 10.2 Å². The van der Waals surface area contributed by atoms with Crippen LogP contribution in [0.4, 0.5) is 0 Å². The van der Waals surface area contributed by atoms with Gasteiger partial charge in [0, 0.05) is 43.3 Å². The van der Waals surface area contributed by atoms with Crippen LogP contribution in [0.25, 0.3) is 0 Å². The number of hydrogen-bond donors (Lipinski definition) is 1. The quantitative estimate of drug-likeness (QED) is 0.676. The zero-order valence-electron chi connectivity index (χ0n) is 17.9. The van der Waals surface area contributed by atoms with Crippen LogP contribution in [0.1, 0.15) is 15.9 Å². The van der Waals surface area contributed by atoms with Gasteiger partial charge in [-0.3, -0.25) is 14.5 Å². The van der Waals surface area contributed by atoms with Gasteiger partial charge in [0.1, 0.15) is 0 Å². The fraction of sp³-hybridized carbons (Fsp3) is 0.391. The van der Waals surface area contributed by atoms with Crippen LogP contribution < -0.4 is 14.8 Å². The van der Waals surface area contributed by atoms with Crippen molar-refractivity contribution in [3.05, 3.63) is 58.6 Å². The molecule has 31 heavy (non-hydrogen) atoms. The van der Waals surface area contributed by atoms with Crippen LogP contribution in [-0.4, -0.2) is 75.1 Å². The summed E-state index contributed by atoms with van der Waals surface area (Å²) < 4.78 is 10.6. The lowest BCUT2D eigenvalue weighted by Gasteiger charge is -2.34. The Labute approximate surface area is 187 Å². The normalized spacial score (nSPS) is 14.2. The van der Waals surface area contributed by atoms with Gasteiger partial charge >= 0.3 is 0 Å². The molecule has 8 heteroatoms. The van der Waals surface area contributed by atoms with Crippen molar-refractivity contribution in [1.82, 2.24) is 15.1 Å². The summed E-state index contributed by atoms with van der Waals surface area (Å²) in [5.41, 5.74) is 1.69. The largest absolute Gasteiger partial charge is 0.493 e. The number of methoxy groups -OCH3 is 2. The number of amides is 2. The van der Waals surface area contributed by atoms with E-state index in [9.17, 15) is 9.59 Å². The maximum Gasteiger partial charge on any atom is 0.253 e. The smallest absolute Gasteiger partial charge is 0.253 e. The van der Waals surface area contributed by atoms with Crippen LogP contribution in [-0.2, 0) is 11.2 Å². The summed E-state index contributed by atoms with van der Waals surface area (Å²) >= 11 is 5.89. The molecule has 0 unspecified atom stereocenters. The summed E-state index contributed by atoms with van der Waals surface area (Å²) in [6.45, 7) is 3.41. The number of piperazine rings is 1. The Hall–Kier alpha value is -2.77. The van der Waals surface area contributed by atoms with Crippen LogP contribution in [0.5, 0.6) is 11.5 Å². The Morgan fingerprint density at radius 2 is 1.65 bits per heavy atom. The summed E-state index contributed by atoms with van der Waals surface area (Å²) in [6.07, 6.45) is 0.704. The van der Waals surface area contributed by atoms with Crippen molar-refractivity contribution in [2.75, 3.05) is 53.5 Å². The SMILES string of the molecule is COc1ccc(CCNC(=O)CN2CCN(C(=O)c3ccc(Cl)cc3)CC2)cc1OC. The van der Waals surface area contributed by atoms with Crippen LogP contribution in [0, 0.1) is 0 Å². The zero-order chi connectivity index (χ0) is 22.2. The molecule has 1 aliphatic heterocycles. The monoisotopic (exact) mass is 445 g/mol. The number of halogens is 1. The Bertz CT molecular complexity index is 896. The second-order valence-electron chi connectivity index (χ2n) is 7.36. The zero-order valence-corrected chi connectivity index (χ0v) is 18.7. The summed E-state index contributed by atoms with van der Waals surface area (Å²) in [7, 11) is 3.21. The van der Waals surface area contributed by atoms with Gasteiger partial charge in [-0.1, -0.05) is 17.7 Å². The predicted octanol–water partition coefficient (Wildman–Crippen LogP) is 2.47. The van der Waals surface area contributed by atoms with Crippen molar-refractivity contribution in [3.8, 4) is 11.5 Å². The third-order valence-corrected chi connectivity index (χ3v) is 5.55. The molecule has 166 valence electrons. The third kappa shape index (κ3) is 6.35. The van der Waals surface area contributed by atoms with Gasteiger partial charge < -0.3 is 19.7 Å². The third-order valence-electron chi connectivity index (χ3n) is 5.30. The average Bonchev–Trinajstić information content (AvgIpc) is 2.79. The average molecular weight is 446 g/mol. The topological polar surface area (TPSA) is 71.1 Å². The fourth-order valence-corrected chi connectivity index (χ4v) is 3.65. The van der Waals surface area contributed by atoms with Gasteiger partial charge in [0.15, 0.2) is 11.5 Å². The number of carbonyl (C=O) groups is 2. The number of carbonyl (C=O) groups excluding carboxylic acids is 2. The van der Waals surface area contributed by atoms with Gasteiger partial charge in [-0.2, -0.15) is 0 Å². The highest BCUT2D eigenvalue weighted by atomic mass is 35.5. The van der Waals surface area contributed by atoms with E-state index in [0.29, 0.717) is 67.8 Å². The molecule has 2 amide bonds. The van der Waals surface area contributed by atoms with Gasteiger partial charge in [0.05, 0.1) is 20.8 Å². The number of nitrogens with one attached hydrogen (secondary N) is 1. The molecular weight excluding hydrogens is 418 g/mol. The van der Waals surface area contributed by atoms with E-state index in [0.717, 1.165) is 5.56 Å². The van der Waals surface area contributed by atoms with Crippen molar-refractivity contribution in [3.63, 3.8) is 0 Å². The van der Waals surface area contributed by atoms with E-state index in [4.69, 9.17) is 21.1 Å². The Balaban J connectivity index is 1.39. The number of rotatable bonds is 8. The highest BCUT2D eigenvalue weighted by molar-refractivity contribution is 6.30. The van der Waals surface area contributed by atoms with Gasteiger partial charge in [-0.05, 0) is 48.4 Å². The molecule has 2 aromatic rings. The van der Waals surface area contributed by atoms with E-state index >= 15 is 0 Å². The number of benzene rings is 2. The molecule has 2 aromatic carbocycles. The first-order valence-electron chi connectivity index (χ1n) is 10.2. The van der Waals surface area contributed by atoms with Crippen molar-refractivity contribution in [2.24, 2.45) is 0 Å². The molecule has 1 N–H and O–H groups in total. The first-order valence-corrected chi connectivity index (χ1v) is 10.6.